The maximum absolute atomic E-state index is 13.1. The van der Waals surface area contributed by atoms with Gasteiger partial charge >= 0.3 is 0 Å². The van der Waals surface area contributed by atoms with Crippen LogP contribution in [0.15, 0.2) is 29.6 Å². The van der Waals surface area contributed by atoms with E-state index in [1.54, 1.807) is 11.4 Å². The molecule has 0 aliphatic rings. The number of halogens is 1. The lowest BCUT2D eigenvalue weighted by molar-refractivity contribution is 0.0949. The van der Waals surface area contributed by atoms with Gasteiger partial charge in [0.1, 0.15) is 16.5 Å². The van der Waals surface area contributed by atoms with Crippen molar-refractivity contribution in [3.05, 3.63) is 51.7 Å². The average molecular weight is 335 g/mol. The van der Waals surface area contributed by atoms with E-state index in [9.17, 15) is 9.18 Å². The molecule has 3 N–H and O–H groups in total. The third-order valence-electron chi connectivity index (χ3n) is 3.53. The zero-order chi connectivity index (χ0) is 16.7. The first-order chi connectivity index (χ1) is 11.1. The van der Waals surface area contributed by atoms with Gasteiger partial charge in [0.15, 0.2) is 0 Å². The Kier molecular flexibility index (Phi) is 6.67. The standard InChI is InChI=1S/C17H22FN3OS/c1-2-3-7-14(19)17-21-15(11-23-17)16(22)20-9-8-12-5-4-6-13(18)10-12/h4-6,10-11,14H,2-3,7-9,19H2,1H3,(H,20,22). The molecule has 4 nitrogen and oxygen atoms in total. The number of nitrogens with one attached hydrogen (secondary N) is 1. The zero-order valence-electron chi connectivity index (χ0n) is 13.2. The fourth-order valence-electron chi connectivity index (χ4n) is 2.21. The molecule has 2 aromatic rings. The molecule has 1 amide bonds. The van der Waals surface area contributed by atoms with E-state index in [1.807, 2.05) is 6.07 Å². The van der Waals surface area contributed by atoms with Gasteiger partial charge in [0.25, 0.3) is 5.91 Å². The Labute approximate surface area is 139 Å². The second kappa shape index (κ2) is 8.74. The normalized spacial score (nSPS) is 12.1. The number of aromatic nitrogens is 1. The third kappa shape index (κ3) is 5.41. The van der Waals surface area contributed by atoms with Crippen LogP contribution in [-0.4, -0.2) is 17.4 Å². The maximum atomic E-state index is 13.1. The number of carbonyl (C=O) groups excluding carboxylic acids is 1. The van der Waals surface area contributed by atoms with Crippen LogP contribution in [0.1, 0.15) is 53.3 Å². The predicted octanol–water partition coefficient (Wildman–Crippen LogP) is 3.44. The summed E-state index contributed by atoms with van der Waals surface area (Å²) in [5.41, 5.74) is 7.32. The van der Waals surface area contributed by atoms with Gasteiger partial charge in [-0.2, -0.15) is 0 Å². The van der Waals surface area contributed by atoms with Crippen LogP contribution < -0.4 is 11.1 Å². The second-order valence-corrected chi connectivity index (χ2v) is 6.35. The summed E-state index contributed by atoms with van der Waals surface area (Å²) in [6.45, 7) is 2.56. The molecule has 0 saturated heterocycles. The Morgan fingerprint density at radius 3 is 3.04 bits per heavy atom. The van der Waals surface area contributed by atoms with Gasteiger partial charge in [0.2, 0.25) is 0 Å². The molecule has 1 atom stereocenters. The summed E-state index contributed by atoms with van der Waals surface area (Å²) in [5.74, 6) is -0.481. The molecule has 23 heavy (non-hydrogen) atoms. The Balaban J connectivity index is 1.83. The van der Waals surface area contributed by atoms with Crippen LogP contribution in [0, 0.1) is 5.82 Å². The lowest BCUT2D eigenvalue weighted by Gasteiger charge is -2.06. The minimum Gasteiger partial charge on any atom is -0.350 e. The quantitative estimate of drug-likeness (QED) is 0.776. The van der Waals surface area contributed by atoms with E-state index in [0.29, 0.717) is 18.7 Å². The molecular formula is C17H22FN3OS. The van der Waals surface area contributed by atoms with Crippen LogP contribution in [0.25, 0.3) is 0 Å². The Morgan fingerprint density at radius 1 is 1.48 bits per heavy atom. The monoisotopic (exact) mass is 335 g/mol. The topological polar surface area (TPSA) is 68.0 Å². The first kappa shape index (κ1) is 17.6. The molecule has 0 aliphatic heterocycles. The molecule has 0 spiro atoms. The van der Waals surface area contributed by atoms with Crippen LogP contribution in [0.4, 0.5) is 4.39 Å². The number of benzene rings is 1. The fourth-order valence-corrected chi connectivity index (χ4v) is 3.05. The first-order valence-electron chi connectivity index (χ1n) is 7.83. The molecule has 0 bridgehead atoms. The molecule has 0 radical (unpaired) electrons. The highest BCUT2D eigenvalue weighted by atomic mass is 32.1. The smallest absolute Gasteiger partial charge is 0.270 e. The molecule has 0 fully saturated rings. The van der Waals surface area contributed by atoms with Gasteiger partial charge in [-0.05, 0) is 30.5 Å². The summed E-state index contributed by atoms with van der Waals surface area (Å²) in [5, 5.41) is 5.34. The number of nitrogens with two attached hydrogens (primary N) is 1. The van der Waals surface area contributed by atoms with E-state index in [0.717, 1.165) is 29.8 Å². The number of carbonyl (C=O) groups is 1. The van der Waals surface area contributed by atoms with Crippen LogP contribution in [0.2, 0.25) is 0 Å². The summed E-state index contributed by atoms with van der Waals surface area (Å²) in [7, 11) is 0. The highest BCUT2D eigenvalue weighted by molar-refractivity contribution is 7.09. The van der Waals surface area contributed by atoms with Crippen molar-refractivity contribution in [2.24, 2.45) is 5.73 Å². The van der Waals surface area contributed by atoms with Crippen molar-refractivity contribution >= 4 is 17.2 Å². The van der Waals surface area contributed by atoms with Crippen LogP contribution in [0.3, 0.4) is 0 Å². The minimum absolute atomic E-state index is 0.103. The van der Waals surface area contributed by atoms with Crippen molar-refractivity contribution in [1.82, 2.24) is 10.3 Å². The van der Waals surface area contributed by atoms with Crippen molar-refractivity contribution in [1.29, 1.82) is 0 Å². The SMILES string of the molecule is CCCCC(N)c1nc(C(=O)NCCc2cccc(F)c2)cs1. The summed E-state index contributed by atoms with van der Waals surface area (Å²) >= 11 is 1.42. The summed E-state index contributed by atoms with van der Waals surface area (Å²) in [6, 6.07) is 6.27. The van der Waals surface area contributed by atoms with Crippen molar-refractivity contribution in [2.45, 2.75) is 38.6 Å². The molecule has 6 heteroatoms. The van der Waals surface area contributed by atoms with Gasteiger partial charge in [0.05, 0.1) is 6.04 Å². The van der Waals surface area contributed by atoms with E-state index in [-0.39, 0.29) is 17.8 Å². The summed E-state index contributed by atoms with van der Waals surface area (Å²) in [6.07, 6.45) is 3.60. The number of nitrogens with zero attached hydrogens (tertiary/aromatic N) is 1. The van der Waals surface area contributed by atoms with Crippen LogP contribution in [-0.2, 0) is 6.42 Å². The lowest BCUT2D eigenvalue weighted by atomic mass is 10.1. The van der Waals surface area contributed by atoms with Crippen molar-refractivity contribution in [3.63, 3.8) is 0 Å². The molecule has 2 rings (SSSR count). The van der Waals surface area contributed by atoms with E-state index < -0.39 is 0 Å². The Morgan fingerprint density at radius 2 is 2.30 bits per heavy atom. The van der Waals surface area contributed by atoms with Gasteiger partial charge in [-0.25, -0.2) is 9.37 Å². The van der Waals surface area contributed by atoms with E-state index in [4.69, 9.17) is 5.73 Å². The van der Waals surface area contributed by atoms with Gasteiger partial charge < -0.3 is 11.1 Å². The van der Waals surface area contributed by atoms with Crippen molar-refractivity contribution in [2.75, 3.05) is 6.54 Å². The number of hydrogen-bond donors (Lipinski definition) is 2. The number of rotatable bonds is 8. The predicted molar refractivity (Wildman–Crippen MR) is 91.0 cm³/mol. The highest BCUT2D eigenvalue weighted by Crippen LogP contribution is 2.20. The molecule has 0 aliphatic carbocycles. The molecule has 1 heterocycles. The number of hydrogen-bond acceptors (Lipinski definition) is 4. The largest absolute Gasteiger partial charge is 0.350 e. The zero-order valence-corrected chi connectivity index (χ0v) is 14.0. The third-order valence-corrected chi connectivity index (χ3v) is 4.51. The van der Waals surface area contributed by atoms with Gasteiger partial charge in [-0.1, -0.05) is 31.9 Å². The molecule has 1 unspecified atom stereocenters. The molecule has 1 aromatic heterocycles. The summed E-state index contributed by atoms with van der Waals surface area (Å²) < 4.78 is 13.1. The number of thiazole rings is 1. The first-order valence-corrected chi connectivity index (χ1v) is 8.71. The van der Waals surface area contributed by atoms with Gasteiger partial charge in [-0.15, -0.1) is 11.3 Å². The highest BCUT2D eigenvalue weighted by Gasteiger charge is 2.14. The molecule has 124 valence electrons. The minimum atomic E-state index is -0.265. The number of unbranched alkanes of at least 4 members (excludes halogenated alkanes) is 1. The van der Waals surface area contributed by atoms with Gasteiger partial charge in [-0.3, -0.25) is 4.79 Å². The molecule has 0 saturated carbocycles. The van der Waals surface area contributed by atoms with Crippen molar-refractivity contribution < 1.29 is 9.18 Å². The van der Waals surface area contributed by atoms with E-state index in [2.05, 4.69) is 17.2 Å². The van der Waals surface area contributed by atoms with Crippen LogP contribution in [0.5, 0.6) is 0 Å². The van der Waals surface area contributed by atoms with E-state index >= 15 is 0 Å². The van der Waals surface area contributed by atoms with Gasteiger partial charge in [0, 0.05) is 11.9 Å². The summed E-state index contributed by atoms with van der Waals surface area (Å²) in [4.78, 5) is 16.4. The Bertz CT molecular complexity index is 644. The Hall–Kier alpha value is -1.79. The maximum Gasteiger partial charge on any atom is 0.270 e. The van der Waals surface area contributed by atoms with Crippen LogP contribution >= 0.6 is 11.3 Å². The number of amides is 1. The second-order valence-electron chi connectivity index (χ2n) is 5.46. The van der Waals surface area contributed by atoms with E-state index in [1.165, 1.54) is 23.5 Å². The molecule has 1 aromatic carbocycles. The lowest BCUT2D eigenvalue weighted by Crippen LogP contribution is -2.26. The fraction of sp³-hybridized carbons (Fsp3) is 0.412. The molecular weight excluding hydrogens is 313 g/mol. The van der Waals surface area contributed by atoms with Crippen molar-refractivity contribution in [3.8, 4) is 0 Å². The average Bonchev–Trinajstić information content (AvgIpc) is 3.03.